The highest BCUT2D eigenvalue weighted by molar-refractivity contribution is 7.22. The number of benzene rings is 2. The number of nitrogens with one attached hydrogen (secondary N) is 1. The van der Waals surface area contributed by atoms with Crippen molar-refractivity contribution in [2.45, 2.75) is 0 Å². The zero-order valence-corrected chi connectivity index (χ0v) is 15.4. The molecule has 6 nitrogen and oxygen atoms in total. The van der Waals surface area contributed by atoms with Gasteiger partial charge in [0.1, 0.15) is 5.69 Å². The van der Waals surface area contributed by atoms with Crippen molar-refractivity contribution >= 4 is 44.5 Å². The van der Waals surface area contributed by atoms with Gasteiger partial charge in [-0.15, -0.1) is 16.4 Å². The number of hydrogen-bond acceptors (Lipinski definition) is 5. The van der Waals surface area contributed by atoms with Crippen LogP contribution < -0.4 is 5.32 Å². The van der Waals surface area contributed by atoms with E-state index in [-0.39, 0.29) is 5.56 Å². The van der Waals surface area contributed by atoms with Gasteiger partial charge in [-0.1, -0.05) is 18.2 Å². The number of thiophene rings is 1. The molecule has 0 unspecified atom stereocenters. The van der Waals surface area contributed by atoms with E-state index in [9.17, 15) is 4.79 Å². The molecule has 7 heteroatoms. The predicted octanol–water partition coefficient (Wildman–Crippen LogP) is 5.05. The number of carboxylic acid groups (broad SMARTS) is 1. The molecule has 5 rings (SSSR count). The second-order valence-electron chi connectivity index (χ2n) is 6.29. The smallest absolute Gasteiger partial charge is 0.335 e. The minimum Gasteiger partial charge on any atom is -0.478 e. The van der Waals surface area contributed by atoms with Gasteiger partial charge < -0.3 is 10.4 Å². The Balaban J connectivity index is 1.51. The summed E-state index contributed by atoms with van der Waals surface area (Å²) in [4.78, 5) is 16.5. The minimum absolute atomic E-state index is 0.246. The quantitative estimate of drug-likeness (QED) is 0.452. The van der Waals surface area contributed by atoms with Crippen LogP contribution in [0.3, 0.4) is 0 Å². The van der Waals surface area contributed by atoms with Gasteiger partial charge in [-0.25, -0.2) is 14.3 Å². The van der Waals surface area contributed by atoms with Crippen LogP contribution in [-0.4, -0.2) is 25.7 Å². The lowest BCUT2D eigenvalue weighted by atomic mass is 10.2. The first-order valence-electron chi connectivity index (χ1n) is 8.61. The van der Waals surface area contributed by atoms with Gasteiger partial charge in [-0.05, 0) is 53.9 Å². The highest BCUT2D eigenvalue weighted by atomic mass is 32.1. The third-order valence-electron chi connectivity index (χ3n) is 4.44. The Morgan fingerprint density at radius 3 is 2.64 bits per heavy atom. The van der Waals surface area contributed by atoms with Crippen molar-refractivity contribution in [2.75, 3.05) is 5.32 Å². The van der Waals surface area contributed by atoms with Crippen molar-refractivity contribution < 1.29 is 9.90 Å². The van der Waals surface area contributed by atoms with Gasteiger partial charge in [0.05, 0.1) is 16.6 Å². The third-order valence-corrected chi connectivity index (χ3v) is 5.58. The molecule has 0 aliphatic rings. The summed E-state index contributed by atoms with van der Waals surface area (Å²) < 4.78 is 3.04. The van der Waals surface area contributed by atoms with Crippen molar-refractivity contribution in [3.63, 3.8) is 0 Å². The summed E-state index contributed by atoms with van der Waals surface area (Å²) in [5.41, 5.74) is 2.70. The number of carbonyl (C=O) groups is 1. The average Bonchev–Trinajstić information content (AvgIpc) is 3.31. The molecular formula is C21H14N4O2S. The van der Waals surface area contributed by atoms with Crippen LogP contribution in [-0.2, 0) is 0 Å². The lowest BCUT2D eigenvalue weighted by Gasteiger charge is -2.07. The Hall–Kier alpha value is -3.71. The monoisotopic (exact) mass is 386 g/mol. The van der Waals surface area contributed by atoms with E-state index in [0.29, 0.717) is 5.82 Å². The molecule has 0 saturated heterocycles. The number of nitrogens with zero attached hydrogens (tertiary/aromatic N) is 3. The number of aromatic nitrogens is 3. The summed E-state index contributed by atoms with van der Waals surface area (Å²) in [5.74, 6) is -0.298. The van der Waals surface area contributed by atoms with E-state index in [4.69, 9.17) is 5.11 Å². The highest BCUT2D eigenvalue weighted by Gasteiger charge is 2.11. The van der Waals surface area contributed by atoms with Crippen molar-refractivity contribution in [2.24, 2.45) is 0 Å². The lowest BCUT2D eigenvalue weighted by molar-refractivity contribution is 0.0697. The molecular weight excluding hydrogens is 372 g/mol. The van der Waals surface area contributed by atoms with Crippen LogP contribution in [0.4, 0.5) is 11.5 Å². The number of carboxylic acids is 1. The summed E-state index contributed by atoms with van der Waals surface area (Å²) in [7, 11) is 0. The van der Waals surface area contributed by atoms with Gasteiger partial charge in [0, 0.05) is 10.4 Å². The highest BCUT2D eigenvalue weighted by Crippen LogP contribution is 2.33. The second-order valence-corrected chi connectivity index (χ2v) is 7.37. The van der Waals surface area contributed by atoms with Crippen LogP contribution in [0.1, 0.15) is 10.4 Å². The minimum atomic E-state index is -0.947. The van der Waals surface area contributed by atoms with Crippen molar-refractivity contribution in [3.05, 3.63) is 78.5 Å². The Kier molecular flexibility index (Phi) is 3.80. The van der Waals surface area contributed by atoms with Crippen molar-refractivity contribution in [1.29, 1.82) is 0 Å². The molecule has 3 aromatic heterocycles. The Morgan fingerprint density at radius 1 is 1.04 bits per heavy atom. The van der Waals surface area contributed by atoms with Gasteiger partial charge in [0.15, 0.2) is 11.5 Å². The fraction of sp³-hybridized carbons (Fsp3) is 0. The molecule has 0 aliphatic heterocycles. The maximum Gasteiger partial charge on any atom is 0.335 e. The van der Waals surface area contributed by atoms with Crippen LogP contribution in [0.15, 0.2) is 72.9 Å². The fourth-order valence-corrected chi connectivity index (χ4v) is 4.12. The van der Waals surface area contributed by atoms with E-state index in [0.717, 1.165) is 21.9 Å². The first-order valence-corrected chi connectivity index (χ1v) is 9.43. The van der Waals surface area contributed by atoms with Gasteiger partial charge >= 0.3 is 5.97 Å². The van der Waals surface area contributed by atoms with Crippen LogP contribution >= 0.6 is 11.3 Å². The zero-order chi connectivity index (χ0) is 19.1. The Labute approximate surface area is 163 Å². The maximum absolute atomic E-state index is 11.0. The van der Waals surface area contributed by atoms with Crippen molar-refractivity contribution in [3.8, 4) is 10.6 Å². The number of rotatable bonds is 4. The Bertz CT molecular complexity index is 1290. The van der Waals surface area contributed by atoms with E-state index in [1.54, 1.807) is 35.6 Å². The van der Waals surface area contributed by atoms with E-state index < -0.39 is 5.97 Å². The van der Waals surface area contributed by atoms with E-state index in [1.165, 1.54) is 10.1 Å². The molecule has 3 heterocycles. The molecule has 136 valence electrons. The molecule has 0 bridgehead atoms. The van der Waals surface area contributed by atoms with Gasteiger partial charge in [-0.3, -0.25) is 0 Å². The topological polar surface area (TPSA) is 79.5 Å². The van der Waals surface area contributed by atoms with Gasteiger partial charge in [0.25, 0.3) is 0 Å². The van der Waals surface area contributed by atoms with Crippen LogP contribution in [0.25, 0.3) is 26.3 Å². The van der Waals surface area contributed by atoms with Gasteiger partial charge in [-0.2, -0.15) is 0 Å². The van der Waals surface area contributed by atoms with Crippen LogP contribution in [0.5, 0.6) is 0 Å². The van der Waals surface area contributed by atoms with Crippen LogP contribution in [0.2, 0.25) is 0 Å². The van der Waals surface area contributed by atoms with Crippen LogP contribution in [0, 0.1) is 0 Å². The molecule has 0 amide bonds. The fourth-order valence-electron chi connectivity index (χ4n) is 3.06. The molecule has 5 aromatic rings. The lowest BCUT2D eigenvalue weighted by Crippen LogP contribution is -2.01. The average molecular weight is 386 g/mol. The second kappa shape index (κ2) is 6.47. The normalized spacial score (nSPS) is 11.1. The maximum atomic E-state index is 11.0. The molecule has 2 N–H and O–H groups in total. The third kappa shape index (κ3) is 2.87. The number of imidazole rings is 1. The van der Waals surface area contributed by atoms with Gasteiger partial charge in [0.2, 0.25) is 0 Å². The SMILES string of the molecule is O=C(O)c1ccc(Nc2ccc3ncc(-c4cc5ccccc5s4)n3n2)cc1. The summed E-state index contributed by atoms with van der Waals surface area (Å²) in [6.07, 6.45) is 1.83. The standard InChI is InChI=1S/C21H14N4O2S/c26-21(27)13-5-7-15(8-6-13)23-19-9-10-20-22-12-16(25(20)24-19)18-11-14-3-1-2-4-17(14)28-18/h1-12H,(H,23,24)(H,26,27). The first-order chi connectivity index (χ1) is 13.7. The summed E-state index contributed by atoms with van der Waals surface area (Å²) in [5, 5.41) is 18.1. The molecule has 0 saturated carbocycles. The Morgan fingerprint density at radius 2 is 1.86 bits per heavy atom. The number of hydrogen-bond donors (Lipinski definition) is 2. The summed E-state index contributed by atoms with van der Waals surface area (Å²) >= 11 is 1.71. The zero-order valence-electron chi connectivity index (χ0n) is 14.5. The molecule has 0 spiro atoms. The number of anilines is 2. The summed E-state index contributed by atoms with van der Waals surface area (Å²) in [6, 6.07) is 20.7. The van der Waals surface area contributed by atoms with E-state index in [2.05, 4.69) is 33.6 Å². The molecule has 0 aliphatic carbocycles. The van der Waals surface area contributed by atoms with E-state index in [1.807, 2.05) is 35.0 Å². The van der Waals surface area contributed by atoms with E-state index >= 15 is 0 Å². The molecule has 0 atom stereocenters. The largest absolute Gasteiger partial charge is 0.478 e. The first kappa shape index (κ1) is 16.5. The molecule has 0 radical (unpaired) electrons. The molecule has 28 heavy (non-hydrogen) atoms. The van der Waals surface area contributed by atoms with Crippen molar-refractivity contribution in [1.82, 2.24) is 14.6 Å². The predicted molar refractivity (Wildman–Crippen MR) is 110 cm³/mol. The number of aromatic carboxylic acids is 1. The molecule has 0 fully saturated rings. The number of fused-ring (bicyclic) bond motifs is 2. The summed E-state index contributed by atoms with van der Waals surface area (Å²) in [6.45, 7) is 0. The molecule has 2 aromatic carbocycles.